The Morgan fingerprint density at radius 3 is 2.07 bits per heavy atom. The van der Waals surface area contributed by atoms with Gasteiger partial charge >= 0.3 is 0 Å². The molecular formula is C14H15N. The van der Waals surface area contributed by atoms with Gasteiger partial charge in [-0.3, -0.25) is 0 Å². The van der Waals surface area contributed by atoms with Gasteiger partial charge in [0.2, 0.25) is 0 Å². The van der Waals surface area contributed by atoms with Crippen molar-refractivity contribution in [1.29, 1.82) is 5.26 Å². The Labute approximate surface area is 91.4 Å². The van der Waals surface area contributed by atoms with E-state index in [1.165, 1.54) is 11.1 Å². The summed E-state index contributed by atoms with van der Waals surface area (Å²) >= 11 is 0. The molecule has 0 aromatic heterocycles. The van der Waals surface area contributed by atoms with Gasteiger partial charge in [-0.1, -0.05) is 24.3 Å². The van der Waals surface area contributed by atoms with Gasteiger partial charge in [-0.15, -0.1) is 0 Å². The monoisotopic (exact) mass is 197 g/mol. The Hall–Kier alpha value is -1.81. The normalized spacial score (nSPS) is 9.20. The summed E-state index contributed by atoms with van der Waals surface area (Å²) in [6.07, 6.45) is 0. The maximum Gasteiger partial charge on any atom is 0.0991 e. The molecule has 1 heteroatoms. The van der Waals surface area contributed by atoms with Gasteiger partial charge in [0.15, 0.2) is 0 Å². The van der Waals surface area contributed by atoms with Crippen LogP contribution in [-0.4, -0.2) is 0 Å². The second kappa shape index (κ2) is 4.61. The predicted molar refractivity (Wildman–Crippen MR) is 64.2 cm³/mol. The predicted octanol–water partition coefficient (Wildman–Crippen LogP) is 3.93. The lowest BCUT2D eigenvalue weighted by Crippen LogP contribution is -1.87. The molecule has 1 aromatic carbocycles. The minimum atomic E-state index is 0.682. The van der Waals surface area contributed by atoms with E-state index in [1.54, 1.807) is 0 Å². The Bertz CT molecular complexity index is 437. The number of hydrogen-bond acceptors (Lipinski definition) is 1. The Balaban J connectivity index is 3.05. The molecule has 0 N–H and O–H groups in total. The lowest BCUT2D eigenvalue weighted by Gasteiger charge is -2.08. The fourth-order valence-electron chi connectivity index (χ4n) is 1.26. The molecule has 0 heterocycles. The number of hydrogen-bond donors (Lipinski definition) is 0. The van der Waals surface area contributed by atoms with Crippen molar-refractivity contribution in [2.24, 2.45) is 0 Å². The Kier molecular flexibility index (Phi) is 3.46. The first-order valence-corrected chi connectivity index (χ1v) is 4.90. The molecule has 1 rings (SSSR count). The number of nitriles is 1. The minimum Gasteiger partial charge on any atom is -0.192 e. The van der Waals surface area contributed by atoms with Gasteiger partial charge < -0.3 is 0 Å². The maximum atomic E-state index is 8.68. The van der Waals surface area contributed by atoms with E-state index in [1.807, 2.05) is 24.3 Å². The first kappa shape index (κ1) is 11.3. The van der Waals surface area contributed by atoms with Crippen LogP contribution in [0.1, 0.15) is 31.9 Å². The standard InChI is InChI=1S/C14H15N/c1-10(2)11(3)12(4)14-7-5-13(9-15)6-8-14/h5-8H,4H2,1-3H3. The topological polar surface area (TPSA) is 23.8 Å². The molecule has 0 unspecified atom stereocenters. The van der Waals surface area contributed by atoms with Gasteiger partial charge in [-0.25, -0.2) is 0 Å². The lowest BCUT2D eigenvalue weighted by atomic mass is 9.97. The number of rotatable bonds is 2. The summed E-state index contributed by atoms with van der Waals surface area (Å²) in [6, 6.07) is 9.62. The fourth-order valence-corrected chi connectivity index (χ4v) is 1.26. The van der Waals surface area contributed by atoms with Gasteiger partial charge in [0.25, 0.3) is 0 Å². The molecule has 0 atom stereocenters. The van der Waals surface area contributed by atoms with E-state index in [4.69, 9.17) is 5.26 Å². The van der Waals surface area contributed by atoms with Crippen LogP contribution in [0.5, 0.6) is 0 Å². The largest absolute Gasteiger partial charge is 0.192 e. The van der Waals surface area contributed by atoms with Crippen LogP contribution in [0.15, 0.2) is 42.0 Å². The van der Waals surface area contributed by atoms with Crippen molar-refractivity contribution in [3.05, 3.63) is 53.1 Å². The highest BCUT2D eigenvalue weighted by Crippen LogP contribution is 2.23. The molecule has 0 bridgehead atoms. The van der Waals surface area contributed by atoms with Crippen molar-refractivity contribution in [2.75, 3.05) is 0 Å². The first-order valence-electron chi connectivity index (χ1n) is 4.90. The van der Waals surface area contributed by atoms with Crippen molar-refractivity contribution in [3.63, 3.8) is 0 Å². The summed E-state index contributed by atoms with van der Waals surface area (Å²) < 4.78 is 0. The number of benzene rings is 1. The third-order valence-electron chi connectivity index (χ3n) is 2.57. The van der Waals surface area contributed by atoms with E-state index in [2.05, 4.69) is 33.4 Å². The van der Waals surface area contributed by atoms with Crippen LogP contribution in [0.3, 0.4) is 0 Å². The molecule has 0 saturated heterocycles. The van der Waals surface area contributed by atoms with E-state index >= 15 is 0 Å². The molecule has 0 spiro atoms. The quantitative estimate of drug-likeness (QED) is 0.659. The highest BCUT2D eigenvalue weighted by atomic mass is 14.2. The smallest absolute Gasteiger partial charge is 0.0991 e. The summed E-state index contributed by atoms with van der Waals surface area (Å²) in [6.45, 7) is 10.3. The van der Waals surface area contributed by atoms with Crippen LogP contribution < -0.4 is 0 Å². The molecule has 0 saturated carbocycles. The summed E-state index contributed by atoms with van der Waals surface area (Å²) in [5, 5.41) is 8.68. The van der Waals surface area contributed by atoms with Crippen LogP contribution in [0.4, 0.5) is 0 Å². The van der Waals surface area contributed by atoms with E-state index in [0.29, 0.717) is 5.56 Å². The van der Waals surface area contributed by atoms with Crippen molar-refractivity contribution < 1.29 is 0 Å². The van der Waals surface area contributed by atoms with Crippen LogP contribution in [0, 0.1) is 11.3 Å². The lowest BCUT2D eigenvalue weighted by molar-refractivity contribution is 1.30. The van der Waals surface area contributed by atoms with Crippen LogP contribution in [0.25, 0.3) is 5.57 Å². The molecule has 0 amide bonds. The van der Waals surface area contributed by atoms with Crippen molar-refractivity contribution in [3.8, 4) is 6.07 Å². The number of allylic oxidation sites excluding steroid dienone is 3. The zero-order chi connectivity index (χ0) is 11.4. The molecule has 0 radical (unpaired) electrons. The van der Waals surface area contributed by atoms with E-state index < -0.39 is 0 Å². The maximum absolute atomic E-state index is 8.68. The number of nitrogens with zero attached hydrogens (tertiary/aromatic N) is 1. The molecule has 0 fully saturated rings. The Morgan fingerprint density at radius 1 is 1.13 bits per heavy atom. The fraction of sp³-hybridized carbons (Fsp3) is 0.214. The van der Waals surface area contributed by atoms with E-state index in [0.717, 1.165) is 11.1 Å². The minimum absolute atomic E-state index is 0.682. The molecular weight excluding hydrogens is 182 g/mol. The van der Waals surface area contributed by atoms with Crippen molar-refractivity contribution in [2.45, 2.75) is 20.8 Å². The molecule has 1 aromatic rings. The zero-order valence-electron chi connectivity index (χ0n) is 9.46. The van der Waals surface area contributed by atoms with E-state index in [9.17, 15) is 0 Å². The van der Waals surface area contributed by atoms with Crippen LogP contribution in [0.2, 0.25) is 0 Å². The Morgan fingerprint density at radius 2 is 1.67 bits per heavy atom. The van der Waals surface area contributed by atoms with Crippen molar-refractivity contribution >= 4 is 5.57 Å². The van der Waals surface area contributed by atoms with Gasteiger partial charge in [0.1, 0.15) is 0 Å². The average Bonchev–Trinajstić information content (AvgIpc) is 2.27. The second-order valence-electron chi connectivity index (χ2n) is 3.79. The highest BCUT2D eigenvalue weighted by Gasteiger charge is 2.02. The molecule has 0 aliphatic carbocycles. The van der Waals surface area contributed by atoms with Crippen LogP contribution >= 0.6 is 0 Å². The molecule has 0 aliphatic heterocycles. The molecule has 1 nitrogen and oxygen atoms in total. The molecule has 0 aliphatic rings. The first-order chi connectivity index (χ1) is 7.06. The van der Waals surface area contributed by atoms with E-state index in [-0.39, 0.29) is 0 Å². The summed E-state index contributed by atoms with van der Waals surface area (Å²) in [5.41, 5.74) is 5.26. The van der Waals surface area contributed by atoms with Gasteiger partial charge in [0.05, 0.1) is 11.6 Å². The third kappa shape index (κ3) is 2.57. The molecule has 76 valence electrons. The van der Waals surface area contributed by atoms with Gasteiger partial charge in [-0.05, 0) is 49.6 Å². The average molecular weight is 197 g/mol. The summed E-state index contributed by atoms with van der Waals surface area (Å²) in [7, 11) is 0. The summed E-state index contributed by atoms with van der Waals surface area (Å²) in [5.74, 6) is 0. The summed E-state index contributed by atoms with van der Waals surface area (Å²) in [4.78, 5) is 0. The van der Waals surface area contributed by atoms with Crippen LogP contribution in [-0.2, 0) is 0 Å². The van der Waals surface area contributed by atoms with Gasteiger partial charge in [0, 0.05) is 0 Å². The second-order valence-corrected chi connectivity index (χ2v) is 3.79. The van der Waals surface area contributed by atoms with Crippen molar-refractivity contribution in [1.82, 2.24) is 0 Å². The third-order valence-corrected chi connectivity index (χ3v) is 2.57. The van der Waals surface area contributed by atoms with Gasteiger partial charge in [-0.2, -0.15) is 5.26 Å². The highest BCUT2D eigenvalue weighted by molar-refractivity contribution is 5.77. The molecule has 15 heavy (non-hydrogen) atoms. The SMILES string of the molecule is C=C(C(C)=C(C)C)c1ccc(C#N)cc1. The zero-order valence-corrected chi connectivity index (χ0v) is 9.46.